The van der Waals surface area contributed by atoms with Crippen LogP contribution in [0.15, 0.2) is 30.3 Å². The Kier molecular flexibility index (Phi) is 7.24. The Hall–Kier alpha value is -1.88. The molecule has 176 valence electrons. The molecule has 0 spiro atoms. The lowest BCUT2D eigenvalue weighted by molar-refractivity contribution is -0.149. The summed E-state index contributed by atoms with van der Waals surface area (Å²) in [5, 5.41) is 6.28. The van der Waals surface area contributed by atoms with Gasteiger partial charge in [-0.1, -0.05) is 44.2 Å². The quantitative estimate of drug-likeness (QED) is 0.542. The van der Waals surface area contributed by atoms with E-state index in [1.807, 2.05) is 19.9 Å². The maximum absolute atomic E-state index is 13.4. The Morgan fingerprint density at radius 1 is 1.03 bits per heavy atom. The smallest absolute Gasteiger partial charge is 0.242 e. The number of nitrogens with one attached hydrogen (secondary N) is 2. The second kappa shape index (κ2) is 9.94. The second-order valence-corrected chi connectivity index (χ2v) is 11.3. The maximum Gasteiger partial charge on any atom is 0.242 e. The largest absolute Gasteiger partial charge is 0.354 e. The van der Waals surface area contributed by atoms with Gasteiger partial charge in [0.2, 0.25) is 11.8 Å². The van der Waals surface area contributed by atoms with E-state index in [2.05, 4.69) is 46.8 Å². The summed E-state index contributed by atoms with van der Waals surface area (Å²) >= 11 is 0. The molecular formula is C27H41N3O2. The van der Waals surface area contributed by atoms with Gasteiger partial charge in [0.15, 0.2) is 0 Å². The number of hydrogen-bond acceptors (Lipinski definition) is 3. The van der Waals surface area contributed by atoms with Crippen molar-refractivity contribution in [2.75, 3.05) is 20.1 Å². The first kappa shape index (κ1) is 23.3. The van der Waals surface area contributed by atoms with Crippen LogP contribution in [0.5, 0.6) is 0 Å². The summed E-state index contributed by atoms with van der Waals surface area (Å²) in [4.78, 5) is 28.6. The third kappa shape index (κ3) is 5.36. The second-order valence-electron chi connectivity index (χ2n) is 11.3. The number of nitrogens with zero attached hydrogens (tertiary/aromatic N) is 1. The highest BCUT2D eigenvalue weighted by Gasteiger charge is 2.55. The average molecular weight is 440 g/mol. The predicted molar refractivity (Wildman–Crippen MR) is 128 cm³/mol. The van der Waals surface area contributed by atoms with Crippen molar-refractivity contribution in [3.63, 3.8) is 0 Å². The zero-order chi connectivity index (χ0) is 22.7. The Morgan fingerprint density at radius 3 is 2.19 bits per heavy atom. The van der Waals surface area contributed by atoms with Crippen LogP contribution in [-0.4, -0.2) is 42.9 Å². The Balaban J connectivity index is 1.24. The fourth-order valence-electron chi connectivity index (χ4n) is 6.86. The van der Waals surface area contributed by atoms with Gasteiger partial charge in [-0.15, -0.1) is 0 Å². The molecule has 1 aromatic carbocycles. The molecule has 5 nitrogen and oxygen atoms in total. The minimum atomic E-state index is -0.447. The molecule has 1 unspecified atom stereocenters. The van der Waals surface area contributed by atoms with Gasteiger partial charge < -0.3 is 15.5 Å². The number of benzene rings is 1. The lowest BCUT2D eigenvalue weighted by Crippen LogP contribution is -2.58. The first-order valence-electron chi connectivity index (χ1n) is 12.7. The molecule has 0 saturated heterocycles. The van der Waals surface area contributed by atoms with Gasteiger partial charge in [-0.2, -0.15) is 0 Å². The van der Waals surface area contributed by atoms with Crippen molar-refractivity contribution in [3.05, 3.63) is 35.9 Å². The molecule has 0 heterocycles. The molecular weight excluding hydrogens is 398 g/mol. The van der Waals surface area contributed by atoms with Crippen LogP contribution < -0.4 is 10.6 Å². The molecule has 4 fully saturated rings. The third-order valence-electron chi connectivity index (χ3n) is 8.07. The van der Waals surface area contributed by atoms with Gasteiger partial charge in [0.25, 0.3) is 0 Å². The van der Waals surface area contributed by atoms with Crippen LogP contribution in [0.25, 0.3) is 0 Å². The van der Waals surface area contributed by atoms with E-state index >= 15 is 0 Å². The number of carbonyl (C=O) groups is 2. The highest BCUT2D eigenvalue weighted by Crippen LogP contribution is 2.60. The summed E-state index contributed by atoms with van der Waals surface area (Å²) in [7, 11) is 2.11. The van der Waals surface area contributed by atoms with Crippen molar-refractivity contribution in [3.8, 4) is 0 Å². The molecule has 1 atom stereocenters. The first-order chi connectivity index (χ1) is 15.3. The van der Waals surface area contributed by atoms with Gasteiger partial charge >= 0.3 is 0 Å². The standard InChI is InChI=1S/C27H41N3O2/c1-19(2)24(25(31)28-10-7-11-30(3)18-20-8-5-4-6-9-20)29-26(32)27-15-21-12-22(16-27)14-23(13-21)17-27/h4-6,8-9,19,21-24H,7,10-18H2,1-3H3,(H,28,31)(H,29,32). The topological polar surface area (TPSA) is 61.4 Å². The van der Waals surface area contributed by atoms with Crippen LogP contribution in [0.4, 0.5) is 0 Å². The summed E-state index contributed by atoms with van der Waals surface area (Å²) in [6.45, 7) is 6.51. The molecule has 0 aromatic heterocycles. The van der Waals surface area contributed by atoms with Crippen molar-refractivity contribution in [2.24, 2.45) is 29.1 Å². The molecule has 5 rings (SSSR count). The van der Waals surface area contributed by atoms with Crippen molar-refractivity contribution in [1.29, 1.82) is 0 Å². The van der Waals surface area contributed by atoms with E-state index < -0.39 is 6.04 Å². The van der Waals surface area contributed by atoms with Crippen LogP contribution in [0.1, 0.15) is 64.4 Å². The minimum absolute atomic E-state index is 0.0382. The number of amides is 2. The lowest BCUT2D eigenvalue weighted by Gasteiger charge is -2.55. The molecule has 1 aromatic rings. The molecule has 2 N–H and O–H groups in total. The Bertz CT molecular complexity index is 756. The van der Waals surface area contributed by atoms with Gasteiger partial charge in [-0.05, 0) is 87.8 Å². The lowest BCUT2D eigenvalue weighted by atomic mass is 9.49. The zero-order valence-corrected chi connectivity index (χ0v) is 20.1. The van der Waals surface area contributed by atoms with Crippen LogP contribution in [0, 0.1) is 29.1 Å². The highest BCUT2D eigenvalue weighted by molar-refractivity contribution is 5.90. The van der Waals surface area contributed by atoms with Gasteiger partial charge in [-0.25, -0.2) is 0 Å². The number of hydrogen-bond donors (Lipinski definition) is 2. The maximum atomic E-state index is 13.4. The van der Waals surface area contributed by atoms with Crippen LogP contribution in [0.3, 0.4) is 0 Å². The van der Waals surface area contributed by atoms with E-state index in [9.17, 15) is 9.59 Å². The van der Waals surface area contributed by atoms with Gasteiger partial charge in [0.05, 0.1) is 0 Å². The molecule has 32 heavy (non-hydrogen) atoms. The van der Waals surface area contributed by atoms with Crippen molar-refractivity contribution >= 4 is 11.8 Å². The van der Waals surface area contributed by atoms with Crippen LogP contribution in [-0.2, 0) is 16.1 Å². The van der Waals surface area contributed by atoms with Gasteiger partial charge in [0, 0.05) is 18.5 Å². The van der Waals surface area contributed by atoms with E-state index in [-0.39, 0.29) is 23.1 Å². The molecule has 0 radical (unpaired) electrons. The zero-order valence-electron chi connectivity index (χ0n) is 20.1. The summed E-state index contributed by atoms with van der Waals surface area (Å²) in [6, 6.07) is 9.99. The molecule has 4 saturated carbocycles. The monoisotopic (exact) mass is 439 g/mol. The normalized spacial score (nSPS) is 29.3. The fraction of sp³-hybridized carbons (Fsp3) is 0.704. The van der Waals surface area contributed by atoms with E-state index in [1.54, 1.807) is 0 Å². The van der Waals surface area contributed by atoms with Crippen LogP contribution in [0.2, 0.25) is 0 Å². The van der Waals surface area contributed by atoms with E-state index in [0.717, 1.165) is 56.5 Å². The highest BCUT2D eigenvalue weighted by atomic mass is 16.2. The molecule has 4 aliphatic rings. The minimum Gasteiger partial charge on any atom is -0.354 e. The van der Waals surface area contributed by atoms with Gasteiger partial charge in [-0.3, -0.25) is 9.59 Å². The van der Waals surface area contributed by atoms with Crippen molar-refractivity contribution in [1.82, 2.24) is 15.5 Å². The van der Waals surface area contributed by atoms with E-state index in [0.29, 0.717) is 6.54 Å². The van der Waals surface area contributed by atoms with Crippen molar-refractivity contribution < 1.29 is 9.59 Å². The summed E-state index contributed by atoms with van der Waals surface area (Å²) in [6.07, 6.45) is 7.95. The predicted octanol–water partition coefficient (Wildman–Crippen LogP) is 3.98. The fourth-order valence-corrected chi connectivity index (χ4v) is 6.86. The molecule has 5 heteroatoms. The Morgan fingerprint density at radius 2 is 1.62 bits per heavy atom. The summed E-state index contributed by atoms with van der Waals surface area (Å²) in [5.74, 6) is 2.37. The summed E-state index contributed by atoms with van der Waals surface area (Å²) < 4.78 is 0. The Labute approximate surface area is 193 Å². The third-order valence-corrected chi connectivity index (χ3v) is 8.07. The van der Waals surface area contributed by atoms with Gasteiger partial charge in [0.1, 0.15) is 6.04 Å². The molecule has 4 aliphatic carbocycles. The first-order valence-corrected chi connectivity index (χ1v) is 12.7. The van der Waals surface area contributed by atoms with Crippen molar-refractivity contribution in [2.45, 2.75) is 71.4 Å². The SMILES string of the molecule is CC(C)C(NC(=O)C12CC3CC(CC(C3)C1)C2)C(=O)NCCCN(C)Cc1ccccc1. The van der Waals surface area contributed by atoms with Crippen LogP contribution >= 0.6 is 0 Å². The summed E-state index contributed by atoms with van der Waals surface area (Å²) in [5.41, 5.74) is 1.09. The number of carbonyl (C=O) groups excluding carboxylic acids is 2. The molecule has 2 amide bonds. The number of rotatable bonds is 10. The molecule has 0 aliphatic heterocycles. The average Bonchev–Trinajstić information content (AvgIpc) is 2.74. The molecule has 4 bridgehead atoms. The van der Waals surface area contributed by atoms with E-state index in [4.69, 9.17) is 0 Å². The van der Waals surface area contributed by atoms with E-state index in [1.165, 1.54) is 24.8 Å².